The number of halogens is 6. The maximum absolute atomic E-state index is 12.8. The molecule has 0 saturated carbocycles. The van der Waals surface area contributed by atoms with Crippen molar-refractivity contribution in [2.45, 2.75) is 36.2 Å². The molecule has 0 spiro atoms. The molecule has 1 fully saturated rings. The number of alkyl halides is 6. The molecule has 1 aliphatic heterocycles. The zero-order valence-corrected chi connectivity index (χ0v) is 15.9. The summed E-state index contributed by atoms with van der Waals surface area (Å²) in [7, 11) is -4.12. The summed E-state index contributed by atoms with van der Waals surface area (Å²) in [6.07, 6.45) is -8.54. The van der Waals surface area contributed by atoms with Crippen LogP contribution < -0.4 is 4.74 Å². The number of benzene rings is 1. The second-order valence-electron chi connectivity index (χ2n) is 6.49. The van der Waals surface area contributed by atoms with Crippen molar-refractivity contribution in [2.75, 3.05) is 13.1 Å². The molecular weight excluding hydrogens is 440 g/mol. The Labute approximate surface area is 167 Å². The normalized spacial score (nSPS) is 18.9. The van der Waals surface area contributed by atoms with Crippen molar-refractivity contribution in [2.24, 2.45) is 0 Å². The molecule has 1 aromatic carbocycles. The van der Waals surface area contributed by atoms with Gasteiger partial charge in [0.1, 0.15) is 6.10 Å². The predicted molar refractivity (Wildman–Crippen MR) is 90.9 cm³/mol. The van der Waals surface area contributed by atoms with Crippen molar-refractivity contribution in [3.63, 3.8) is 0 Å². The largest absolute Gasteiger partial charge is 0.459 e. The van der Waals surface area contributed by atoms with Gasteiger partial charge in [0.15, 0.2) is 5.69 Å². The van der Waals surface area contributed by atoms with Crippen LogP contribution in [0, 0.1) is 0 Å². The van der Waals surface area contributed by atoms with Gasteiger partial charge in [-0.3, -0.25) is 0 Å². The van der Waals surface area contributed by atoms with Gasteiger partial charge in [-0.2, -0.15) is 35.6 Å². The number of ether oxygens (including phenoxy) is 1. The molecule has 1 aliphatic rings. The zero-order valence-electron chi connectivity index (χ0n) is 15.1. The second kappa shape index (κ2) is 8.02. The molecule has 0 aliphatic carbocycles. The van der Waals surface area contributed by atoms with Crippen molar-refractivity contribution in [3.05, 3.63) is 47.8 Å². The lowest BCUT2D eigenvalue weighted by atomic mass is 10.1. The fraction of sp³-hybridized carbons (Fsp3) is 0.412. The average Bonchev–Trinajstić information content (AvgIpc) is 2.67. The summed E-state index contributed by atoms with van der Waals surface area (Å²) in [5, 5.41) is 0. The Kier molecular flexibility index (Phi) is 5.96. The van der Waals surface area contributed by atoms with E-state index in [1.165, 1.54) is 0 Å². The highest BCUT2D eigenvalue weighted by atomic mass is 32.2. The predicted octanol–water partition coefficient (Wildman–Crippen LogP) is 3.75. The van der Waals surface area contributed by atoms with E-state index in [0.29, 0.717) is 31.0 Å². The monoisotopic (exact) mass is 455 g/mol. The summed E-state index contributed by atoms with van der Waals surface area (Å²) in [6.45, 7) is -0.115. The van der Waals surface area contributed by atoms with E-state index in [9.17, 15) is 34.8 Å². The molecular formula is C17H15F6N3O3S. The quantitative estimate of drug-likeness (QED) is 0.657. The standard InChI is InChI=1S/C17H15F6N3O3S/c18-16(19,20)11-3-5-13(6-4-11)30(27,28)26-9-1-2-12(10-26)29-15-24-8-7-14(25-15)17(21,22)23/h3-8,12H,1-2,9-10H2. The van der Waals surface area contributed by atoms with E-state index in [1.54, 1.807) is 0 Å². The van der Waals surface area contributed by atoms with E-state index in [1.807, 2.05) is 0 Å². The highest BCUT2D eigenvalue weighted by Crippen LogP contribution is 2.31. The fourth-order valence-corrected chi connectivity index (χ4v) is 4.40. The molecule has 1 saturated heterocycles. The molecule has 1 unspecified atom stereocenters. The lowest BCUT2D eigenvalue weighted by Crippen LogP contribution is -2.44. The van der Waals surface area contributed by atoms with Crippen LogP contribution in [0.15, 0.2) is 41.4 Å². The molecule has 0 N–H and O–H groups in total. The SMILES string of the molecule is O=S(=O)(c1ccc(C(F)(F)F)cc1)N1CCCC(Oc2nccc(C(F)(F)F)n2)C1. The van der Waals surface area contributed by atoms with Gasteiger partial charge in [0.25, 0.3) is 0 Å². The number of aromatic nitrogens is 2. The van der Waals surface area contributed by atoms with Crippen molar-refractivity contribution < 1.29 is 39.5 Å². The lowest BCUT2D eigenvalue weighted by molar-refractivity contribution is -0.141. The summed E-state index contributed by atoms with van der Waals surface area (Å²) in [4.78, 5) is 6.57. The summed E-state index contributed by atoms with van der Waals surface area (Å²) < 4.78 is 108. The van der Waals surface area contributed by atoms with Gasteiger partial charge < -0.3 is 4.74 Å². The molecule has 2 heterocycles. The second-order valence-corrected chi connectivity index (χ2v) is 8.43. The summed E-state index contributed by atoms with van der Waals surface area (Å²) in [6, 6.07) is 3.19. The van der Waals surface area contributed by atoms with Gasteiger partial charge >= 0.3 is 18.4 Å². The summed E-state index contributed by atoms with van der Waals surface area (Å²) in [5.74, 6) is 0. The minimum Gasteiger partial charge on any atom is -0.459 e. The number of piperidine rings is 1. The first-order valence-corrected chi connectivity index (χ1v) is 10.1. The number of hydrogen-bond donors (Lipinski definition) is 0. The van der Waals surface area contributed by atoms with Gasteiger partial charge in [0.2, 0.25) is 10.0 Å². The van der Waals surface area contributed by atoms with Crippen LogP contribution in [0.1, 0.15) is 24.1 Å². The molecule has 0 radical (unpaired) electrons. The van der Waals surface area contributed by atoms with Gasteiger partial charge in [-0.1, -0.05) is 0 Å². The third-order valence-corrected chi connectivity index (χ3v) is 6.24. The molecule has 3 rings (SSSR count). The van der Waals surface area contributed by atoms with Crippen LogP contribution in [0.5, 0.6) is 6.01 Å². The third-order valence-electron chi connectivity index (χ3n) is 4.36. The first-order chi connectivity index (χ1) is 13.9. The molecule has 2 aromatic rings. The molecule has 164 valence electrons. The van der Waals surface area contributed by atoms with Gasteiger partial charge in [-0.15, -0.1) is 0 Å². The number of hydrogen-bond acceptors (Lipinski definition) is 5. The minimum atomic E-state index is -4.69. The maximum atomic E-state index is 12.8. The summed E-state index contributed by atoms with van der Waals surface area (Å²) in [5.41, 5.74) is -2.18. The van der Waals surface area contributed by atoms with Gasteiger partial charge in [0.05, 0.1) is 17.0 Å². The van der Waals surface area contributed by atoms with Crippen LogP contribution in [0.3, 0.4) is 0 Å². The van der Waals surface area contributed by atoms with Crippen LogP contribution in [0.4, 0.5) is 26.3 Å². The summed E-state index contributed by atoms with van der Waals surface area (Å²) >= 11 is 0. The van der Waals surface area contributed by atoms with E-state index in [4.69, 9.17) is 4.74 Å². The topological polar surface area (TPSA) is 72.4 Å². The van der Waals surface area contributed by atoms with Crippen molar-refractivity contribution in [1.29, 1.82) is 0 Å². The fourth-order valence-electron chi connectivity index (χ4n) is 2.89. The zero-order chi connectivity index (χ0) is 22.2. The Bertz CT molecular complexity index is 993. The van der Waals surface area contributed by atoms with Crippen molar-refractivity contribution >= 4 is 10.0 Å². The first-order valence-electron chi connectivity index (χ1n) is 8.62. The molecule has 1 aromatic heterocycles. The first kappa shape index (κ1) is 22.3. The Morgan fingerprint density at radius 2 is 1.67 bits per heavy atom. The number of nitrogens with zero attached hydrogens (tertiary/aromatic N) is 3. The van der Waals surface area contributed by atoms with Crippen LogP contribution in [-0.4, -0.2) is 41.9 Å². The highest BCUT2D eigenvalue weighted by Gasteiger charge is 2.35. The molecule has 0 bridgehead atoms. The van der Waals surface area contributed by atoms with E-state index < -0.39 is 45.7 Å². The lowest BCUT2D eigenvalue weighted by Gasteiger charge is -2.31. The van der Waals surface area contributed by atoms with Gasteiger partial charge in [-0.05, 0) is 43.2 Å². The molecule has 0 amide bonds. The highest BCUT2D eigenvalue weighted by molar-refractivity contribution is 7.89. The molecule has 6 nitrogen and oxygen atoms in total. The van der Waals surface area contributed by atoms with E-state index in [0.717, 1.165) is 22.6 Å². The molecule has 30 heavy (non-hydrogen) atoms. The van der Waals surface area contributed by atoms with Crippen LogP contribution in [0.2, 0.25) is 0 Å². The number of rotatable bonds is 4. The van der Waals surface area contributed by atoms with Crippen molar-refractivity contribution in [3.8, 4) is 6.01 Å². The van der Waals surface area contributed by atoms with E-state index in [-0.39, 0.29) is 18.0 Å². The molecule has 1 atom stereocenters. The van der Waals surface area contributed by atoms with E-state index in [2.05, 4.69) is 9.97 Å². The Morgan fingerprint density at radius 1 is 1.00 bits per heavy atom. The smallest absolute Gasteiger partial charge is 0.433 e. The van der Waals surface area contributed by atoms with Crippen LogP contribution in [0.25, 0.3) is 0 Å². The Balaban J connectivity index is 1.74. The Morgan fingerprint density at radius 3 is 2.27 bits per heavy atom. The minimum absolute atomic E-state index is 0.0899. The molecule has 13 heteroatoms. The Hall–Kier alpha value is -2.41. The number of sulfonamides is 1. The van der Waals surface area contributed by atoms with Crippen LogP contribution >= 0.6 is 0 Å². The average molecular weight is 455 g/mol. The van der Waals surface area contributed by atoms with Gasteiger partial charge in [0, 0.05) is 12.7 Å². The van der Waals surface area contributed by atoms with Crippen LogP contribution in [-0.2, 0) is 22.4 Å². The third kappa shape index (κ3) is 5.01. The van der Waals surface area contributed by atoms with Gasteiger partial charge in [-0.25, -0.2) is 13.4 Å². The van der Waals surface area contributed by atoms with E-state index >= 15 is 0 Å². The van der Waals surface area contributed by atoms with Crippen molar-refractivity contribution in [1.82, 2.24) is 14.3 Å². The maximum Gasteiger partial charge on any atom is 0.433 e.